The van der Waals surface area contributed by atoms with Crippen molar-refractivity contribution in [2.75, 3.05) is 62.2 Å². The van der Waals surface area contributed by atoms with E-state index in [0.717, 1.165) is 52.3 Å². The number of aryl methyl sites for hydroxylation is 2. The van der Waals surface area contributed by atoms with Crippen LogP contribution >= 0.6 is 23.5 Å². The lowest BCUT2D eigenvalue weighted by molar-refractivity contribution is -0.131. The molecule has 77 heavy (non-hydrogen) atoms. The van der Waals surface area contributed by atoms with Gasteiger partial charge in [-0.05, 0) is 172 Å². The summed E-state index contributed by atoms with van der Waals surface area (Å²) in [4.78, 5) is 104. The molecular formula is C56H84F2N8O9S2. The Bertz CT molecular complexity index is 2550. The molecule has 0 saturated carbocycles. The Balaban J connectivity index is 0.000000286. The second-order valence-corrected chi connectivity index (χ2v) is 27.2. The van der Waals surface area contributed by atoms with Gasteiger partial charge in [-0.25, -0.2) is 9.59 Å². The summed E-state index contributed by atoms with van der Waals surface area (Å²) in [5.41, 5.74) is 8.48. The van der Waals surface area contributed by atoms with E-state index in [9.17, 15) is 42.3 Å². The number of nitrogens with one attached hydrogen (secondary N) is 1. The molecule has 0 radical (unpaired) electrons. The molecule has 0 bridgehead atoms. The predicted octanol–water partition coefficient (Wildman–Crippen LogP) is 9.26. The molecule has 2 atom stereocenters. The van der Waals surface area contributed by atoms with Gasteiger partial charge in [-0.3, -0.25) is 24.0 Å². The summed E-state index contributed by atoms with van der Waals surface area (Å²) in [5.74, 6) is -1.96. The van der Waals surface area contributed by atoms with E-state index in [1.165, 1.54) is 28.4 Å². The normalized spacial score (nSPS) is 19.3. The summed E-state index contributed by atoms with van der Waals surface area (Å²) in [6, 6.07) is 6.84. The predicted molar refractivity (Wildman–Crippen MR) is 299 cm³/mol. The number of thioether (sulfide) groups is 2. The van der Waals surface area contributed by atoms with Gasteiger partial charge in [-0.1, -0.05) is 0 Å². The van der Waals surface area contributed by atoms with Crippen molar-refractivity contribution in [1.82, 2.24) is 24.9 Å². The number of hydrogen-bond donors (Lipinski definition) is 2. The highest BCUT2D eigenvalue weighted by Crippen LogP contribution is 2.48. The molecule has 0 aromatic heterocycles. The van der Waals surface area contributed by atoms with Gasteiger partial charge in [0, 0.05) is 85.4 Å². The van der Waals surface area contributed by atoms with Gasteiger partial charge in [0.2, 0.25) is 11.8 Å². The van der Waals surface area contributed by atoms with Crippen molar-refractivity contribution < 1.29 is 51.8 Å². The summed E-state index contributed by atoms with van der Waals surface area (Å²) in [6.45, 7) is 32.6. The lowest BCUT2D eigenvalue weighted by Crippen LogP contribution is -2.54. The van der Waals surface area contributed by atoms with E-state index >= 15 is 0 Å². The first-order chi connectivity index (χ1) is 35.6. The number of anilines is 2. The Morgan fingerprint density at radius 2 is 1.06 bits per heavy atom. The van der Waals surface area contributed by atoms with E-state index in [-0.39, 0.29) is 67.0 Å². The van der Waals surface area contributed by atoms with Crippen LogP contribution in [0.25, 0.3) is 0 Å². The third kappa shape index (κ3) is 15.4. The number of amides is 7. The van der Waals surface area contributed by atoms with Crippen LogP contribution in [0.15, 0.2) is 34.1 Å². The van der Waals surface area contributed by atoms with Crippen molar-refractivity contribution >= 4 is 76.6 Å². The number of nitrogens with zero attached hydrogens (tertiary/aromatic N) is 6. The van der Waals surface area contributed by atoms with Gasteiger partial charge in [0.25, 0.3) is 17.7 Å². The summed E-state index contributed by atoms with van der Waals surface area (Å²) in [6.07, 6.45) is -0.831. The van der Waals surface area contributed by atoms with Crippen LogP contribution in [0.5, 0.6) is 0 Å². The second kappa shape index (κ2) is 24.9. The molecule has 0 aliphatic carbocycles. The Hall–Kier alpha value is -5.15. The maximum atomic E-state index is 14.1. The zero-order valence-corrected chi connectivity index (χ0v) is 49.8. The van der Waals surface area contributed by atoms with Crippen LogP contribution in [0.2, 0.25) is 0 Å². The third-order valence-electron chi connectivity index (χ3n) is 13.6. The average Bonchev–Trinajstić information content (AvgIpc) is 3.30. The maximum Gasteiger partial charge on any atom is 0.410 e. The quantitative estimate of drug-likeness (QED) is 0.205. The molecular weight excluding hydrogens is 1030 g/mol. The summed E-state index contributed by atoms with van der Waals surface area (Å²) < 4.78 is 35.1. The van der Waals surface area contributed by atoms with Crippen LogP contribution in [0.4, 0.5) is 29.7 Å². The first-order valence-corrected chi connectivity index (χ1v) is 28.4. The van der Waals surface area contributed by atoms with Gasteiger partial charge in [0.05, 0.1) is 33.0 Å². The van der Waals surface area contributed by atoms with Gasteiger partial charge in [-0.15, -0.1) is 23.5 Å². The van der Waals surface area contributed by atoms with Gasteiger partial charge in [-0.2, -0.15) is 8.78 Å². The molecule has 4 heterocycles. The SMILES string of the molecule is Cc1cc2c(cc1C(=O)N(C(C)C)[C@@H]1CCCN(C(=O)OC(C)(C)C)C1)N(CCN)C(=O)C(C)(C)S2.Cc1cc2c(cc1C(=O)N(C(C)C)[C@@H]1CCCN(C(=O)OC(C)(C)C)C1)N(CCNC(=O)C(F)F)C(=O)C(C)(C)S2. The van der Waals surface area contributed by atoms with E-state index in [1.54, 1.807) is 39.5 Å². The highest BCUT2D eigenvalue weighted by molar-refractivity contribution is 8.02. The summed E-state index contributed by atoms with van der Waals surface area (Å²) >= 11 is 2.90. The number of ether oxygens (including phenoxy) is 2. The van der Waals surface area contributed by atoms with E-state index in [4.69, 9.17) is 15.2 Å². The van der Waals surface area contributed by atoms with Crippen molar-refractivity contribution in [3.05, 3.63) is 46.5 Å². The minimum atomic E-state index is -3.15. The van der Waals surface area contributed by atoms with Crippen molar-refractivity contribution in [1.29, 1.82) is 0 Å². The molecule has 2 fully saturated rings. The fourth-order valence-electron chi connectivity index (χ4n) is 10.1. The van der Waals surface area contributed by atoms with Gasteiger partial charge >= 0.3 is 18.6 Å². The number of hydrogen-bond acceptors (Lipinski definition) is 12. The number of carbonyl (C=O) groups is 7. The molecule has 2 saturated heterocycles. The molecule has 0 spiro atoms. The molecule has 428 valence electrons. The number of halogens is 2. The lowest BCUT2D eigenvalue weighted by Gasteiger charge is -2.42. The number of carbonyl (C=O) groups excluding carboxylic acids is 7. The van der Waals surface area contributed by atoms with Crippen LogP contribution in [-0.4, -0.2) is 165 Å². The minimum Gasteiger partial charge on any atom is -0.444 e. The number of benzene rings is 2. The fraction of sp³-hybridized carbons (Fsp3) is 0.661. The molecule has 21 heteroatoms. The van der Waals surface area contributed by atoms with Crippen LogP contribution in [0, 0.1) is 13.8 Å². The number of fused-ring (bicyclic) bond motifs is 2. The molecule has 6 rings (SSSR count). The standard InChI is InChI=1S/C29H42F2N4O5S.C27H42N4O4S/c1-17(2)35(19-10-9-12-33(16-19)27(39)40-28(4,5)6)25(37)20-15-21-22(14-18(20)3)41-29(7,8)26(38)34(21)13-11-32-24(36)23(30)31;1-17(2)31(19-10-9-12-29(16-19)25(34)35-26(4,5)6)23(32)20-15-21-22(14-18(20)3)36-27(7,8)24(33)30(21)13-11-28/h14-15,17,19,23H,9-13,16H2,1-8H3,(H,32,36);14-15,17,19H,9-13,16,28H2,1-8H3/t2*19-/m11/s1. The maximum absolute atomic E-state index is 14.1. The van der Waals surface area contributed by atoms with Crippen LogP contribution in [-0.2, 0) is 23.9 Å². The van der Waals surface area contributed by atoms with Crippen molar-refractivity contribution in [2.24, 2.45) is 5.73 Å². The number of nitrogens with two attached hydrogens (primary N) is 1. The van der Waals surface area contributed by atoms with E-state index in [2.05, 4.69) is 5.32 Å². The van der Waals surface area contributed by atoms with Gasteiger partial charge in [0.15, 0.2) is 0 Å². The highest BCUT2D eigenvalue weighted by atomic mass is 32.2. The number of alkyl halides is 2. The number of likely N-dealkylation sites (tertiary alicyclic amines) is 2. The molecule has 7 amide bonds. The summed E-state index contributed by atoms with van der Waals surface area (Å²) in [5, 5.41) is 2.15. The van der Waals surface area contributed by atoms with Gasteiger partial charge < -0.3 is 49.9 Å². The Kier molecular flexibility index (Phi) is 20.3. The van der Waals surface area contributed by atoms with Gasteiger partial charge in [0.1, 0.15) is 11.2 Å². The Morgan fingerprint density at radius 1 is 0.688 bits per heavy atom. The van der Waals surface area contributed by atoms with Crippen molar-refractivity contribution in [3.8, 4) is 0 Å². The topological polar surface area (TPSA) is 195 Å². The third-order valence-corrected chi connectivity index (χ3v) is 16.0. The number of rotatable bonds is 12. The zero-order chi connectivity index (χ0) is 57.9. The molecule has 2 aromatic carbocycles. The molecule has 2 aromatic rings. The van der Waals surface area contributed by atoms with Crippen molar-refractivity contribution in [2.45, 2.75) is 198 Å². The van der Waals surface area contributed by atoms with Crippen LogP contribution in [0.3, 0.4) is 0 Å². The first-order valence-electron chi connectivity index (χ1n) is 26.8. The Morgan fingerprint density at radius 3 is 1.40 bits per heavy atom. The fourth-order valence-corrected chi connectivity index (χ4v) is 12.6. The van der Waals surface area contributed by atoms with E-state index in [0.29, 0.717) is 56.1 Å². The number of piperidine rings is 2. The highest BCUT2D eigenvalue weighted by Gasteiger charge is 2.44. The Labute approximate surface area is 463 Å². The van der Waals surface area contributed by atoms with E-state index < -0.39 is 39.1 Å². The smallest absolute Gasteiger partial charge is 0.410 e. The molecule has 3 N–H and O–H groups in total. The lowest BCUT2D eigenvalue weighted by atomic mass is 9.99. The summed E-state index contributed by atoms with van der Waals surface area (Å²) in [7, 11) is 0. The molecule has 4 aliphatic rings. The van der Waals surface area contributed by atoms with Crippen LogP contribution < -0.4 is 20.9 Å². The van der Waals surface area contributed by atoms with Crippen molar-refractivity contribution in [3.63, 3.8) is 0 Å². The molecule has 17 nitrogen and oxygen atoms in total. The van der Waals surface area contributed by atoms with Crippen LogP contribution in [0.1, 0.15) is 154 Å². The van der Waals surface area contributed by atoms with E-state index in [1.807, 2.05) is 120 Å². The first kappa shape index (κ1) is 62.7. The zero-order valence-electron chi connectivity index (χ0n) is 48.2. The largest absolute Gasteiger partial charge is 0.444 e. The average molecular weight is 1120 g/mol. The second-order valence-electron chi connectivity index (χ2n) is 23.8. The minimum absolute atomic E-state index is 0.00583. The monoisotopic (exact) mass is 1110 g/mol. The molecule has 0 unspecified atom stereocenters. The molecule has 4 aliphatic heterocycles.